The molecule has 0 bridgehead atoms. The number of benzene rings is 2. The fourth-order valence-electron chi connectivity index (χ4n) is 3.57. The van der Waals surface area contributed by atoms with Crippen molar-refractivity contribution in [3.63, 3.8) is 0 Å². The summed E-state index contributed by atoms with van der Waals surface area (Å²) in [5.74, 6) is 0.556. The quantitative estimate of drug-likeness (QED) is 0.440. The van der Waals surface area contributed by atoms with Gasteiger partial charge in [0.2, 0.25) is 0 Å². The van der Waals surface area contributed by atoms with E-state index in [1.165, 1.54) is 11.3 Å². The highest BCUT2D eigenvalue weighted by atomic mass is 32.1. The Kier molecular flexibility index (Phi) is 5.10. The molecule has 0 fully saturated rings. The Balaban J connectivity index is 1.32. The average molecular weight is 449 g/mol. The molecule has 3 heterocycles. The molecule has 5 rings (SSSR count). The van der Waals surface area contributed by atoms with Gasteiger partial charge < -0.3 is 14.0 Å². The summed E-state index contributed by atoms with van der Waals surface area (Å²) in [6, 6.07) is 12.5. The van der Waals surface area contributed by atoms with Crippen LogP contribution in [-0.2, 0) is 11.2 Å². The number of carbonyl (C=O) groups is 2. The highest BCUT2D eigenvalue weighted by Crippen LogP contribution is 2.33. The van der Waals surface area contributed by atoms with E-state index in [4.69, 9.17) is 14.0 Å². The third kappa shape index (κ3) is 3.82. The predicted molar refractivity (Wildman–Crippen MR) is 119 cm³/mol. The van der Waals surface area contributed by atoms with Crippen molar-refractivity contribution >= 4 is 38.6 Å². The van der Waals surface area contributed by atoms with E-state index in [1.807, 2.05) is 25.1 Å². The normalized spacial score (nSPS) is 14.8. The second-order valence-corrected chi connectivity index (χ2v) is 8.44. The maximum absolute atomic E-state index is 12.7. The molecule has 4 aromatic rings. The smallest absolute Gasteiger partial charge is 0.338 e. The molecule has 1 aliphatic rings. The zero-order valence-electron chi connectivity index (χ0n) is 17.4. The lowest BCUT2D eigenvalue weighted by Crippen LogP contribution is -2.11. The van der Waals surface area contributed by atoms with Crippen LogP contribution in [0.3, 0.4) is 0 Å². The number of carbonyl (C=O) groups excluding carboxylic acids is 2. The molecule has 0 radical (unpaired) electrons. The molecule has 1 aliphatic heterocycles. The number of amides is 1. The van der Waals surface area contributed by atoms with Gasteiger partial charge in [-0.05, 0) is 55.8 Å². The summed E-state index contributed by atoms with van der Waals surface area (Å²) in [7, 11) is 0. The number of fused-ring (bicyclic) bond motifs is 2. The van der Waals surface area contributed by atoms with E-state index in [0.717, 1.165) is 28.0 Å². The number of thiazole rings is 1. The molecule has 0 saturated heterocycles. The molecule has 1 atom stereocenters. The summed E-state index contributed by atoms with van der Waals surface area (Å²) in [6.45, 7) is 4.08. The van der Waals surface area contributed by atoms with Gasteiger partial charge in [0.15, 0.2) is 16.6 Å². The molecule has 32 heavy (non-hydrogen) atoms. The number of rotatable bonds is 5. The van der Waals surface area contributed by atoms with Crippen LogP contribution in [0.4, 0.5) is 5.13 Å². The molecule has 1 amide bonds. The number of hydrogen-bond acceptors (Lipinski definition) is 8. The molecule has 0 unspecified atom stereocenters. The number of nitrogens with zero attached hydrogens (tertiary/aromatic N) is 2. The van der Waals surface area contributed by atoms with Gasteiger partial charge in [-0.15, -0.1) is 0 Å². The van der Waals surface area contributed by atoms with Crippen molar-refractivity contribution in [2.45, 2.75) is 26.4 Å². The topological polar surface area (TPSA) is 104 Å². The van der Waals surface area contributed by atoms with E-state index < -0.39 is 11.9 Å². The minimum Gasteiger partial charge on any atom is -0.490 e. The van der Waals surface area contributed by atoms with Gasteiger partial charge >= 0.3 is 5.97 Å². The molecule has 1 N–H and O–H groups in total. The Hall–Kier alpha value is -3.72. The van der Waals surface area contributed by atoms with Gasteiger partial charge in [-0.3, -0.25) is 10.1 Å². The van der Waals surface area contributed by atoms with Crippen LogP contribution >= 0.6 is 11.3 Å². The van der Waals surface area contributed by atoms with E-state index in [1.54, 1.807) is 31.2 Å². The summed E-state index contributed by atoms with van der Waals surface area (Å²) >= 11 is 1.26. The van der Waals surface area contributed by atoms with Gasteiger partial charge in [-0.2, -0.15) is 0 Å². The van der Waals surface area contributed by atoms with Gasteiger partial charge in [0.1, 0.15) is 11.9 Å². The fourth-order valence-corrected chi connectivity index (χ4v) is 4.47. The predicted octanol–water partition coefficient (Wildman–Crippen LogP) is 4.70. The van der Waals surface area contributed by atoms with E-state index in [2.05, 4.69) is 15.5 Å². The number of anilines is 1. The molecule has 0 aliphatic carbocycles. The lowest BCUT2D eigenvalue weighted by atomic mass is 10.1. The standard InChI is InChI=1S/C23H19N3O5S/c1-3-29-22(28)14-4-6-16-20(10-14)32-23(24-16)25-21(27)17-11-19(31-26-17)13-5-7-18-15(9-13)8-12(2)30-18/h4-7,9-12H,3,8H2,1-2H3,(H,24,25,27)/t12-/m1/s1. The van der Waals surface area contributed by atoms with Crippen LogP contribution in [0.5, 0.6) is 5.75 Å². The SMILES string of the molecule is CCOC(=O)c1ccc2nc(NC(=O)c3cc(-c4ccc5c(c4)C[C@@H](C)O5)on3)sc2c1. The highest BCUT2D eigenvalue weighted by Gasteiger charge is 2.21. The number of hydrogen-bond donors (Lipinski definition) is 1. The van der Waals surface area contributed by atoms with Gasteiger partial charge in [0.25, 0.3) is 5.91 Å². The van der Waals surface area contributed by atoms with Crippen molar-refractivity contribution in [2.24, 2.45) is 0 Å². The summed E-state index contributed by atoms with van der Waals surface area (Å²) in [5.41, 5.74) is 3.20. The molecule has 162 valence electrons. The first-order chi connectivity index (χ1) is 15.5. The molecule has 0 saturated carbocycles. The zero-order chi connectivity index (χ0) is 22.2. The first kappa shape index (κ1) is 20.2. The Morgan fingerprint density at radius 3 is 2.94 bits per heavy atom. The van der Waals surface area contributed by atoms with E-state index in [0.29, 0.717) is 28.6 Å². The number of esters is 1. The largest absolute Gasteiger partial charge is 0.490 e. The van der Waals surface area contributed by atoms with Crippen LogP contribution in [0.1, 0.15) is 40.3 Å². The van der Waals surface area contributed by atoms with Crippen molar-refractivity contribution in [2.75, 3.05) is 11.9 Å². The van der Waals surface area contributed by atoms with Crippen molar-refractivity contribution in [1.29, 1.82) is 0 Å². The molecule has 9 heteroatoms. The second-order valence-electron chi connectivity index (χ2n) is 7.41. The van der Waals surface area contributed by atoms with Gasteiger partial charge in [0, 0.05) is 18.1 Å². The third-order valence-corrected chi connectivity index (χ3v) is 5.98. The summed E-state index contributed by atoms with van der Waals surface area (Å²) < 4.78 is 16.9. The molecule has 0 spiro atoms. The van der Waals surface area contributed by atoms with E-state index in [9.17, 15) is 9.59 Å². The summed E-state index contributed by atoms with van der Waals surface area (Å²) in [5, 5.41) is 7.05. The van der Waals surface area contributed by atoms with Crippen LogP contribution < -0.4 is 10.1 Å². The van der Waals surface area contributed by atoms with Crippen LogP contribution in [0.2, 0.25) is 0 Å². The van der Waals surface area contributed by atoms with E-state index in [-0.39, 0.29) is 11.8 Å². The zero-order valence-corrected chi connectivity index (χ0v) is 18.2. The molecule has 2 aromatic carbocycles. The van der Waals surface area contributed by atoms with Crippen LogP contribution in [0.15, 0.2) is 47.0 Å². The Morgan fingerprint density at radius 2 is 2.09 bits per heavy atom. The Labute approximate surface area is 187 Å². The Bertz CT molecular complexity index is 1340. The molecular weight excluding hydrogens is 430 g/mol. The van der Waals surface area contributed by atoms with Crippen molar-refractivity contribution in [3.8, 4) is 17.1 Å². The van der Waals surface area contributed by atoms with Crippen molar-refractivity contribution < 1.29 is 23.6 Å². The minimum atomic E-state index is -0.428. The first-order valence-electron chi connectivity index (χ1n) is 10.2. The number of ether oxygens (including phenoxy) is 2. The monoisotopic (exact) mass is 449 g/mol. The van der Waals surface area contributed by atoms with Crippen molar-refractivity contribution in [1.82, 2.24) is 10.1 Å². The van der Waals surface area contributed by atoms with Gasteiger partial charge in [-0.1, -0.05) is 16.5 Å². The summed E-state index contributed by atoms with van der Waals surface area (Å²) in [4.78, 5) is 29.0. The number of aromatic nitrogens is 2. The maximum atomic E-state index is 12.7. The van der Waals surface area contributed by atoms with Crippen molar-refractivity contribution in [3.05, 3.63) is 59.3 Å². The second kappa shape index (κ2) is 8.08. The van der Waals surface area contributed by atoms with Gasteiger partial charge in [0.05, 0.1) is 22.4 Å². The summed E-state index contributed by atoms with van der Waals surface area (Å²) in [6.07, 6.45) is 0.985. The molecule has 8 nitrogen and oxygen atoms in total. The lowest BCUT2D eigenvalue weighted by molar-refractivity contribution is 0.0526. The first-order valence-corrected chi connectivity index (χ1v) is 11.0. The average Bonchev–Trinajstić information content (AvgIpc) is 3.49. The third-order valence-electron chi connectivity index (χ3n) is 5.04. The fraction of sp³-hybridized carbons (Fsp3) is 0.217. The van der Waals surface area contributed by atoms with Crippen LogP contribution in [-0.4, -0.2) is 34.7 Å². The highest BCUT2D eigenvalue weighted by molar-refractivity contribution is 7.22. The maximum Gasteiger partial charge on any atom is 0.338 e. The van der Waals surface area contributed by atoms with Crippen LogP contribution in [0, 0.1) is 0 Å². The minimum absolute atomic E-state index is 0.150. The Morgan fingerprint density at radius 1 is 1.22 bits per heavy atom. The molecular formula is C23H19N3O5S. The van der Waals surface area contributed by atoms with Crippen LogP contribution in [0.25, 0.3) is 21.5 Å². The van der Waals surface area contributed by atoms with Gasteiger partial charge in [-0.25, -0.2) is 9.78 Å². The lowest BCUT2D eigenvalue weighted by Gasteiger charge is -2.02. The van der Waals surface area contributed by atoms with E-state index >= 15 is 0 Å². The molecule has 2 aromatic heterocycles. The number of nitrogens with one attached hydrogen (secondary N) is 1.